The van der Waals surface area contributed by atoms with Gasteiger partial charge in [-0.05, 0) is 19.1 Å². The fourth-order valence-electron chi connectivity index (χ4n) is 2.33. The van der Waals surface area contributed by atoms with Crippen molar-refractivity contribution in [2.45, 2.75) is 19.5 Å². The Morgan fingerprint density at radius 1 is 1.58 bits per heavy atom. The first kappa shape index (κ1) is 13.0. The largest absolute Gasteiger partial charge is 0.370 e. The van der Waals surface area contributed by atoms with Gasteiger partial charge in [0.05, 0.1) is 10.5 Å². The van der Waals surface area contributed by atoms with Crippen molar-refractivity contribution >= 4 is 28.8 Å². The van der Waals surface area contributed by atoms with Gasteiger partial charge in [0.2, 0.25) is 0 Å². The van der Waals surface area contributed by atoms with Crippen molar-refractivity contribution in [3.8, 4) is 0 Å². The summed E-state index contributed by atoms with van der Waals surface area (Å²) in [6.45, 7) is 5.12. The summed E-state index contributed by atoms with van der Waals surface area (Å²) in [5.41, 5.74) is 0. The smallest absolute Gasteiger partial charge is 0.124 e. The van der Waals surface area contributed by atoms with E-state index in [1.54, 1.807) is 11.3 Å². The molecule has 3 rings (SSSR count). The zero-order valence-corrected chi connectivity index (χ0v) is 12.3. The maximum Gasteiger partial charge on any atom is 0.124 e. The fraction of sp³-hybridized carbons (Fsp3) is 0.462. The average Bonchev–Trinajstić information content (AvgIpc) is 3.03. The van der Waals surface area contributed by atoms with Gasteiger partial charge in [-0.2, -0.15) is 5.10 Å². The molecule has 0 amide bonds. The summed E-state index contributed by atoms with van der Waals surface area (Å²) < 4.78 is 2.88. The van der Waals surface area contributed by atoms with E-state index in [0.29, 0.717) is 12.0 Å². The topological polar surface area (TPSA) is 41.9 Å². The van der Waals surface area contributed by atoms with Crippen LogP contribution in [0.15, 0.2) is 24.4 Å². The second kappa shape index (κ2) is 5.53. The van der Waals surface area contributed by atoms with E-state index in [9.17, 15) is 0 Å². The van der Waals surface area contributed by atoms with Crippen LogP contribution in [-0.4, -0.2) is 22.9 Å². The summed E-state index contributed by atoms with van der Waals surface area (Å²) in [4.78, 5) is 1.29. The van der Waals surface area contributed by atoms with Crippen LogP contribution in [0.2, 0.25) is 4.34 Å². The lowest BCUT2D eigenvalue weighted by Gasteiger charge is -2.26. The van der Waals surface area contributed by atoms with Gasteiger partial charge < -0.3 is 10.6 Å². The summed E-state index contributed by atoms with van der Waals surface area (Å²) in [6.07, 6.45) is 1.84. The molecular formula is C13H17ClN4S. The van der Waals surface area contributed by atoms with Gasteiger partial charge in [-0.15, -0.1) is 11.3 Å². The monoisotopic (exact) mass is 296 g/mol. The standard InChI is InChI=1S/C13H17ClN4S/c1-9(11-2-3-12(14)19-11)15-6-10-7-16-13-4-5-17-18(13)8-10/h2-5,9-10,15-16H,6-8H2,1H3/t9-,10+/m1/s1. The van der Waals surface area contributed by atoms with Crippen molar-refractivity contribution in [3.05, 3.63) is 33.6 Å². The van der Waals surface area contributed by atoms with Crippen molar-refractivity contribution in [2.75, 3.05) is 18.4 Å². The number of hydrogen-bond donors (Lipinski definition) is 2. The lowest BCUT2D eigenvalue weighted by atomic mass is 10.1. The molecule has 3 heterocycles. The first-order chi connectivity index (χ1) is 9.22. The minimum Gasteiger partial charge on any atom is -0.370 e. The molecule has 2 N–H and O–H groups in total. The number of halogens is 1. The van der Waals surface area contributed by atoms with Gasteiger partial charge in [0.1, 0.15) is 5.82 Å². The maximum atomic E-state index is 5.97. The Balaban J connectivity index is 1.53. The molecular weight excluding hydrogens is 280 g/mol. The Labute approximate surface area is 121 Å². The van der Waals surface area contributed by atoms with E-state index in [1.807, 2.05) is 23.0 Å². The first-order valence-corrected chi connectivity index (χ1v) is 7.66. The third-order valence-corrected chi connectivity index (χ3v) is 4.87. The maximum absolute atomic E-state index is 5.97. The van der Waals surface area contributed by atoms with Crippen LogP contribution in [0, 0.1) is 5.92 Å². The van der Waals surface area contributed by atoms with E-state index >= 15 is 0 Å². The minimum atomic E-state index is 0.344. The number of hydrogen-bond acceptors (Lipinski definition) is 4. The Hall–Kier alpha value is -1.04. The van der Waals surface area contributed by atoms with Gasteiger partial charge in [0.25, 0.3) is 0 Å². The van der Waals surface area contributed by atoms with Gasteiger partial charge in [-0.1, -0.05) is 11.6 Å². The minimum absolute atomic E-state index is 0.344. The number of anilines is 1. The normalized spacial score (nSPS) is 19.8. The van der Waals surface area contributed by atoms with E-state index in [0.717, 1.165) is 29.8 Å². The SMILES string of the molecule is C[C@@H](NC[C@H]1CNc2ccnn2C1)c1ccc(Cl)s1. The van der Waals surface area contributed by atoms with Gasteiger partial charge >= 0.3 is 0 Å². The van der Waals surface area contributed by atoms with Crippen LogP contribution in [0.25, 0.3) is 0 Å². The highest BCUT2D eigenvalue weighted by atomic mass is 35.5. The predicted molar refractivity (Wildman–Crippen MR) is 80.0 cm³/mol. The number of thiophene rings is 1. The molecule has 1 aliphatic heterocycles. The molecule has 0 spiro atoms. The predicted octanol–water partition coefficient (Wildman–Crippen LogP) is 2.99. The quantitative estimate of drug-likeness (QED) is 0.911. The van der Waals surface area contributed by atoms with E-state index < -0.39 is 0 Å². The molecule has 6 heteroatoms. The lowest BCUT2D eigenvalue weighted by Crippen LogP contribution is -2.36. The Morgan fingerprint density at radius 3 is 3.26 bits per heavy atom. The molecule has 0 aliphatic carbocycles. The molecule has 0 saturated heterocycles. The van der Waals surface area contributed by atoms with Crippen LogP contribution < -0.4 is 10.6 Å². The zero-order valence-electron chi connectivity index (χ0n) is 10.8. The summed E-state index contributed by atoms with van der Waals surface area (Å²) in [5.74, 6) is 1.68. The van der Waals surface area contributed by atoms with Crippen molar-refractivity contribution in [1.29, 1.82) is 0 Å². The molecule has 1 aliphatic rings. The molecule has 2 aromatic rings. The van der Waals surface area contributed by atoms with Crippen LogP contribution in [0.4, 0.5) is 5.82 Å². The van der Waals surface area contributed by atoms with Gasteiger partial charge in [-0.3, -0.25) is 0 Å². The number of nitrogens with zero attached hydrogens (tertiary/aromatic N) is 2. The van der Waals surface area contributed by atoms with Crippen molar-refractivity contribution < 1.29 is 0 Å². The first-order valence-electron chi connectivity index (χ1n) is 6.46. The highest BCUT2D eigenvalue weighted by Gasteiger charge is 2.19. The highest BCUT2D eigenvalue weighted by molar-refractivity contribution is 7.16. The molecule has 19 heavy (non-hydrogen) atoms. The summed E-state index contributed by atoms with van der Waals surface area (Å²) >= 11 is 7.61. The summed E-state index contributed by atoms with van der Waals surface area (Å²) in [5, 5.41) is 11.3. The molecule has 0 fully saturated rings. The molecule has 2 aromatic heterocycles. The Morgan fingerprint density at radius 2 is 2.47 bits per heavy atom. The van der Waals surface area contributed by atoms with E-state index in [2.05, 4.69) is 28.7 Å². The van der Waals surface area contributed by atoms with Crippen molar-refractivity contribution in [2.24, 2.45) is 5.92 Å². The molecule has 4 nitrogen and oxygen atoms in total. The number of fused-ring (bicyclic) bond motifs is 1. The number of nitrogens with one attached hydrogen (secondary N) is 2. The molecule has 0 unspecified atom stereocenters. The molecule has 2 atom stereocenters. The van der Waals surface area contributed by atoms with Gasteiger partial charge in [0, 0.05) is 42.5 Å². The van der Waals surface area contributed by atoms with Crippen LogP contribution in [0.1, 0.15) is 17.8 Å². The second-order valence-electron chi connectivity index (χ2n) is 4.92. The van der Waals surface area contributed by atoms with Crippen LogP contribution in [0.3, 0.4) is 0 Å². The van der Waals surface area contributed by atoms with Crippen molar-refractivity contribution in [1.82, 2.24) is 15.1 Å². The van der Waals surface area contributed by atoms with Crippen LogP contribution in [-0.2, 0) is 6.54 Å². The molecule has 0 radical (unpaired) electrons. The second-order valence-corrected chi connectivity index (χ2v) is 6.66. The Bertz CT molecular complexity index is 550. The number of aromatic nitrogens is 2. The third kappa shape index (κ3) is 2.94. The third-order valence-electron chi connectivity index (χ3n) is 3.45. The number of rotatable bonds is 4. The molecule has 0 saturated carbocycles. The van der Waals surface area contributed by atoms with Crippen LogP contribution in [0.5, 0.6) is 0 Å². The van der Waals surface area contributed by atoms with E-state index in [4.69, 9.17) is 11.6 Å². The van der Waals surface area contributed by atoms with Gasteiger partial charge in [0.15, 0.2) is 0 Å². The molecule has 0 aromatic carbocycles. The summed E-state index contributed by atoms with van der Waals surface area (Å²) in [6, 6.07) is 6.41. The van der Waals surface area contributed by atoms with E-state index in [1.165, 1.54) is 4.88 Å². The molecule has 102 valence electrons. The average molecular weight is 297 g/mol. The molecule has 0 bridgehead atoms. The highest BCUT2D eigenvalue weighted by Crippen LogP contribution is 2.26. The van der Waals surface area contributed by atoms with Crippen molar-refractivity contribution in [3.63, 3.8) is 0 Å². The van der Waals surface area contributed by atoms with Gasteiger partial charge in [-0.25, -0.2) is 4.68 Å². The summed E-state index contributed by atoms with van der Waals surface area (Å²) in [7, 11) is 0. The lowest BCUT2D eigenvalue weighted by molar-refractivity contribution is 0.377. The van der Waals surface area contributed by atoms with Crippen LogP contribution >= 0.6 is 22.9 Å². The fourth-order valence-corrected chi connectivity index (χ4v) is 3.42. The Kier molecular flexibility index (Phi) is 3.77. The zero-order chi connectivity index (χ0) is 13.2. The van der Waals surface area contributed by atoms with E-state index in [-0.39, 0.29) is 0 Å².